The number of aliphatic hydroxyl groups excluding tert-OH is 1. The van der Waals surface area contributed by atoms with E-state index in [9.17, 15) is 4.79 Å². The number of nitrogens with one attached hydrogen (secondary N) is 1. The fourth-order valence-corrected chi connectivity index (χ4v) is 0.801. The van der Waals surface area contributed by atoms with Gasteiger partial charge in [0, 0.05) is 26.7 Å². The number of hydrogen-bond acceptors (Lipinski definition) is 3. The summed E-state index contributed by atoms with van der Waals surface area (Å²) >= 11 is 0. The number of carbonyl (C=O) groups is 1. The van der Waals surface area contributed by atoms with Gasteiger partial charge >= 0.3 is 0 Å². The average molecular weight is 188 g/mol. The zero-order chi connectivity index (χ0) is 10.3. The van der Waals surface area contributed by atoms with Crippen molar-refractivity contribution in [1.29, 1.82) is 0 Å². The quantitative estimate of drug-likeness (QED) is 0.601. The lowest BCUT2D eigenvalue weighted by atomic mass is 10.2. The van der Waals surface area contributed by atoms with Crippen molar-refractivity contribution in [2.75, 3.05) is 33.3 Å². The minimum atomic E-state index is 0.0904. The van der Waals surface area contributed by atoms with Crippen molar-refractivity contribution >= 4 is 5.91 Å². The van der Waals surface area contributed by atoms with Gasteiger partial charge < -0.3 is 15.3 Å². The van der Waals surface area contributed by atoms with Crippen LogP contribution in [-0.2, 0) is 4.79 Å². The van der Waals surface area contributed by atoms with Gasteiger partial charge in [-0.25, -0.2) is 0 Å². The van der Waals surface area contributed by atoms with Gasteiger partial charge in [0.2, 0.25) is 5.91 Å². The van der Waals surface area contributed by atoms with Crippen LogP contribution in [0.1, 0.15) is 13.8 Å². The molecule has 0 saturated heterocycles. The number of nitrogens with zero attached hydrogens (tertiary/aromatic N) is 1. The van der Waals surface area contributed by atoms with Gasteiger partial charge in [-0.1, -0.05) is 6.92 Å². The molecule has 0 aromatic carbocycles. The molecule has 0 saturated carbocycles. The largest absolute Gasteiger partial charge is 0.396 e. The van der Waals surface area contributed by atoms with Gasteiger partial charge in [-0.15, -0.1) is 0 Å². The van der Waals surface area contributed by atoms with Crippen LogP contribution in [0.2, 0.25) is 0 Å². The molecule has 0 radical (unpaired) electrons. The van der Waals surface area contributed by atoms with Gasteiger partial charge in [0.15, 0.2) is 0 Å². The Balaban J connectivity index is 3.47. The average Bonchev–Trinajstić information content (AvgIpc) is 2.15. The third kappa shape index (κ3) is 5.60. The fourth-order valence-electron chi connectivity index (χ4n) is 0.801. The van der Waals surface area contributed by atoms with E-state index < -0.39 is 0 Å². The lowest BCUT2D eigenvalue weighted by Crippen LogP contribution is -2.37. The van der Waals surface area contributed by atoms with Gasteiger partial charge in [-0.05, 0) is 12.8 Å². The molecule has 0 aromatic rings. The standard InChI is InChI=1S/C9H20N2O2/c1-4-11(3)9(13)6-10-5-8(2)7-12/h8,10,12H,4-7H2,1-3H3. The van der Waals surface area contributed by atoms with Gasteiger partial charge in [-0.3, -0.25) is 4.79 Å². The third-order valence-electron chi connectivity index (χ3n) is 1.98. The Hall–Kier alpha value is -0.610. The first-order chi connectivity index (χ1) is 6.11. The van der Waals surface area contributed by atoms with Crippen molar-refractivity contribution in [3.63, 3.8) is 0 Å². The molecule has 0 spiro atoms. The maximum atomic E-state index is 11.2. The van der Waals surface area contributed by atoms with Crippen molar-refractivity contribution in [3.8, 4) is 0 Å². The maximum Gasteiger partial charge on any atom is 0.236 e. The summed E-state index contributed by atoms with van der Waals surface area (Å²) in [6, 6.07) is 0. The van der Waals surface area contributed by atoms with Crippen molar-refractivity contribution in [1.82, 2.24) is 10.2 Å². The monoisotopic (exact) mass is 188 g/mol. The normalized spacial score (nSPS) is 12.6. The topological polar surface area (TPSA) is 52.6 Å². The van der Waals surface area contributed by atoms with Crippen LogP contribution in [0.25, 0.3) is 0 Å². The highest BCUT2D eigenvalue weighted by Gasteiger charge is 2.06. The van der Waals surface area contributed by atoms with E-state index in [1.54, 1.807) is 11.9 Å². The van der Waals surface area contributed by atoms with Crippen LogP contribution in [0, 0.1) is 5.92 Å². The summed E-state index contributed by atoms with van der Waals surface area (Å²) in [6.45, 7) is 5.80. The van der Waals surface area contributed by atoms with E-state index in [-0.39, 0.29) is 18.4 Å². The highest BCUT2D eigenvalue weighted by Crippen LogP contribution is 1.88. The molecule has 0 rings (SSSR count). The van der Waals surface area contributed by atoms with E-state index in [2.05, 4.69) is 5.32 Å². The van der Waals surface area contributed by atoms with Crippen LogP contribution in [0.3, 0.4) is 0 Å². The highest BCUT2D eigenvalue weighted by atomic mass is 16.3. The third-order valence-corrected chi connectivity index (χ3v) is 1.98. The summed E-state index contributed by atoms with van der Waals surface area (Å²) in [5, 5.41) is 11.7. The molecule has 0 aliphatic rings. The summed E-state index contributed by atoms with van der Waals surface area (Å²) in [5.74, 6) is 0.298. The predicted octanol–water partition coefficient (Wildman–Crippen LogP) is -0.317. The van der Waals surface area contributed by atoms with Gasteiger partial charge in [0.1, 0.15) is 0 Å². The number of carbonyl (C=O) groups excluding carboxylic acids is 1. The second-order valence-electron chi connectivity index (χ2n) is 3.33. The lowest BCUT2D eigenvalue weighted by Gasteiger charge is -2.15. The van der Waals surface area contributed by atoms with Gasteiger partial charge in [0.05, 0.1) is 6.54 Å². The van der Waals surface area contributed by atoms with Crippen LogP contribution < -0.4 is 5.32 Å². The number of likely N-dealkylation sites (N-methyl/N-ethyl adjacent to an activating group) is 1. The Labute approximate surface area is 79.9 Å². The predicted molar refractivity (Wildman–Crippen MR) is 52.4 cm³/mol. The molecule has 0 fully saturated rings. The Morgan fingerprint density at radius 2 is 2.23 bits per heavy atom. The lowest BCUT2D eigenvalue weighted by molar-refractivity contribution is -0.128. The number of hydrogen-bond donors (Lipinski definition) is 2. The number of aliphatic hydroxyl groups is 1. The fraction of sp³-hybridized carbons (Fsp3) is 0.889. The molecule has 4 heteroatoms. The minimum absolute atomic E-state index is 0.0904. The van der Waals surface area contributed by atoms with E-state index >= 15 is 0 Å². The summed E-state index contributed by atoms with van der Waals surface area (Å²) in [7, 11) is 1.78. The first-order valence-corrected chi connectivity index (χ1v) is 4.67. The molecular weight excluding hydrogens is 168 g/mol. The first-order valence-electron chi connectivity index (χ1n) is 4.67. The van der Waals surface area contributed by atoms with Gasteiger partial charge in [0.25, 0.3) is 0 Å². The highest BCUT2D eigenvalue weighted by molar-refractivity contribution is 5.77. The first kappa shape index (κ1) is 12.4. The Bertz CT molecular complexity index is 151. The van der Waals surface area contributed by atoms with E-state index in [0.717, 1.165) is 6.54 Å². The van der Waals surface area contributed by atoms with Crippen molar-refractivity contribution in [2.45, 2.75) is 13.8 Å². The van der Waals surface area contributed by atoms with E-state index in [1.165, 1.54) is 0 Å². The molecule has 4 nitrogen and oxygen atoms in total. The zero-order valence-corrected chi connectivity index (χ0v) is 8.71. The van der Waals surface area contributed by atoms with E-state index in [4.69, 9.17) is 5.11 Å². The Kier molecular flexibility index (Phi) is 6.54. The Morgan fingerprint density at radius 1 is 1.62 bits per heavy atom. The van der Waals surface area contributed by atoms with Crippen LogP contribution in [0.5, 0.6) is 0 Å². The smallest absolute Gasteiger partial charge is 0.236 e. The molecular formula is C9H20N2O2. The van der Waals surface area contributed by atoms with Crippen LogP contribution in [-0.4, -0.2) is 49.2 Å². The summed E-state index contributed by atoms with van der Waals surface area (Å²) in [6.07, 6.45) is 0. The second-order valence-corrected chi connectivity index (χ2v) is 3.33. The molecule has 2 N–H and O–H groups in total. The summed E-state index contributed by atoms with van der Waals surface area (Å²) in [4.78, 5) is 12.9. The van der Waals surface area contributed by atoms with E-state index in [0.29, 0.717) is 13.1 Å². The van der Waals surface area contributed by atoms with Crippen molar-refractivity contribution in [3.05, 3.63) is 0 Å². The molecule has 0 aliphatic heterocycles. The molecule has 13 heavy (non-hydrogen) atoms. The van der Waals surface area contributed by atoms with Crippen LogP contribution in [0.15, 0.2) is 0 Å². The SMILES string of the molecule is CCN(C)C(=O)CNCC(C)CO. The zero-order valence-electron chi connectivity index (χ0n) is 8.71. The Morgan fingerprint density at radius 3 is 2.69 bits per heavy atom. The van der Waals surface area contributed by atoms with Crippen LogP contribution >= 0.6 is 0 Å². The van der Waals surface area contributed by atoms with Crippen molar-refractivity contribution in [2.24, 2.45) is 5.92 Å². The summed E-state index contributed by atoms with van der Waals surface area (Å²) in [5.41, 5.74) is 0. The molecule has 0 aliphatic carbocycles. The number of rotatable bonds is 6. The maximum absolute atomic E-state index is 11.2. The molecule has 1 atom stereocenters. The van der Waals surface area contributed by atoms with Gasteiger partial charge in [-0.2, -0.15) is 0 Å². The van der Waals surface area contributed by atoms with Crippen LogP contribution in [0.4, 0.5) is 0 Å². The molecule has 1 unspecified atom stereocenters. The molecule has 78 valence electrons. The number of amides is 1. The minimum Gasteiger partial charge on any atom is -0.396 e. The molecule has 0 bridgehead atoms. The molecule has 0 heterocycles. The molecule has 0 aromatic heterocycles. The molecule has 1 amide bonds. The second kappa shape index (κ2) is 6.86. The summed E-state index contributed by atoms with van der Waals surface area (Å²) < 4.78 is 0. The van der Waals surface area contributed by atoms with Crippen molar-refractivity contribution < 1.29 is 9.90 Å². The van der Waals surface area contributed by atoms with E-state index in [1.807, 2.05) is 13.8 Å².